The van der Waals surface area contributed by atoms with E-state index in [-0.39, 0.29) is 29.7 Å². The SMILES string of the molecule is Cc1ccncc1-c1cc2cc(NC(=O)[C@@H]3[C@@H]4CC(NS(C)(=O)=O)C[C@@H]43)ncc2c(N)n1. The van der Waals surface area contributed by atoms with Crippen molar-refractivity contribution >= 4 is 38.3 Å². The lowest BCUT2D eigenvalue weighted by Gasteiger charge is -2.14. The summed E-state index contributed by atoms with van der Waals surface area (Å²) < 4.78 is 25.5. The molecule has 3 aromatic rings. The summed E-state index contributed by atoms with van der Waals surface area (Å²) in [5.41, 5.74) is 8.81. The second-order valence-electron chi connectivity index (χ2n) is 8.78. The Kier molecular flexibility index (Phi) is 4.86. The van der Waals surface area contributed by atoms with E-state index in [1.54, 1.807) is 24.7 Å². The maximum Gasteiger partial charge on any atom is 0.229 e. The molecule has 0 aliphatic heterocycles. The third-order valence-electron chi connectivity index (χ3n) is 6.44. The largest absolute Gasteiger partial charge is 0.383 e. The standard InChI is InChI=1S/C22H24N6O3S/c1-11-3-4-24-9-16(11)18-5-12-6-19(25-10-17(12)21(23)26-18)27-22(29)20-14-7-13(8-15(14)20)28-32(2,30)31/h3-6,9-10,13-15,20,28H,7-8H2,1-2H3,(H2,23,26)(H,25,27,29)/t13?,14-,15+,20-. The molecule has 3 heterocycles. The summed E-state index contributed by atoms with van der Waals surface area (Å²) >= 11 is 0. The second kappa shape index (κ2) is 7.49. The molecule has 5 rings (SSSR count). The fourth-order valence-corrected chi connectivity index (χ4v) is 5.75. The monoisotopic (exact) mass is 452 g/mol. The van der Waals surface area contributed by atoms with E-state index < -0.39 is 10.0 Å². The summed E-state index contributed by atoms with van der Waals surface area (Å²) in [7, 11) is -3.23. The first-order valence-corrected chi connectivity index (χ1v) is 12.3. The Morgan fingerprint density at radius 3 is 2.62 bits per heavy atom. The first kappa shape index (κ1) is 20.8. The number of carbonyl (C=O) groups is 1. The van der Waals surface area contributed by atoms with E-state index in [1.807, 2.05) is 19.1 Å². The molecular formula is C22H24N6O3S. The van der Waals surface area contributed by atoms with E-state index in [1.165, 1.54) is 0 Å². The molecule has 0 saturated heterocycles. The summed E-state index contributed by atoms with van der Waals surface area (Å²) in [5.74, 6) is 1.09. The van der Waals surface area contributed by atoms with Gasteiger partial charge in [-0.25, -0.2) is 23.1 Å². The van der Waals surface area contributed by atoms with Gasteiger partial charge in [-0.1, -0.05) is 0 Å². The van der Waals surface area contributed by atoms with E-state index in [0.29, 0.717) is 35.6 Å². The van der Waals surface area contributed by atoms with Crippen LogP contribution < -0.4 is 15.8 Å². The number of anilines is 2. The number of nitrogens with zero attached hydrogens (tertiary/aromatic N) is 3. The van der Waals surface area contributed by atoms with Gasteiger partial charge in [0.1, 0.15) is 11.6 Å². The number of hydrogen-bond acceptors (Lipinski definition) is 7. The number of sulfonamides is 1. The molecular weight excluding hydrogens is 428 g/mol. The molecule has 2 saturated carbocycles. The Bertz CT molecular complexity index is 1330. The van der Waals surface area contributed by atoms with Gasteiger partial charge < -0.3 is 11.1 Å². The molecule has 0 radical (unpaired) electrons. The summed E-state index contributed by atoms with van der Waals surface area (Å²) in [6.07, 6.45) is 7.65. The molecule has 2 fully saturated rings. The Morgan fingerprint density at radius 2 is 1.94 bits per heavy atom. The summed E-state index contributed by atoms with van der Waals surface area (Å²) in [4.78, 5) is 25.8. The maximum absolute atomic E-state index is 12.8. The quantitative estimate of drug-likeness (QED) is 0.538. The van der Waals surface area contributed by atoms with Crippen molar-refractivity contribution in [3.05, 3.63) is 42.4 Å². The molecule has 1 amide bonds. The van der Waals surface area contributed by atoms with Crippen molar-refractivity contribution in [1.82, 2.24) is 19.7 Å². The van der Waals surface area contributed by atoms with Crippen LogP contribution in [0.4, 0.5) is 11.6 Å². The van der Waals surface area contributed by atoms with Crippen LogP contribution >= 0.6 is 0 Å². The molecule has 0 aromatic carbocycles. The van der Waals surface area contributed by atoms with Crippen LogP contribution in [-0.2, 0) is 14.8 Å². The van der Waals surface area contributed by atoms with Gasteiger partial charge in [-0.2, -0.15) is 0 Å². The van der Waals surface area contributed by atoms with E-state index in [4.69, 9.17) is 5.73 Å². The number of aromatic nitrogens is 3. The Morgan fingerprint density at radius 1 is 1.19 bits per heavy atom. The molecule has 2 aliphatic carbocycles. The normalized spacial score (nSPS) is 24.3. The molecule has 32 heavy (non-hydrogen) atoms. The van der Waals surface area contributed by atoms with Crippen molar-refractivity contribution in [3.63, 3.8) is 0 Å². The average molecular weight is 453 g/mol. The lowest BCUT2D eigenvalue weighted by Crippen LogP contribution is -2.34. The highest BCUT2D eigenvalue weighted by molar-refractivity contribution is 7.88. The van der Waals surface area contributed by atoms with E-state index in [2.05, 4.69) is 25.0 Å². The summed E-state index contributed by atoms with van der Waals surface area (Å²) in [5, 5.41) is 4.46. The Balaban J connectivity index is 1.33. The minimum atomic E-state index is -3.23. The van der Waals surface area contributed by atoms with Crippen LogP contribution in [-0.4, -0.2) is 41.6 Å². The maximum atomic E-state index is 12.8. The van der Waals surface area contributed by atoms with E-state index in [0.717, 1.165) is 22.8 Å². The van der Waals surface area contributed by atoms with Gasteiger partial charge in [-0.05, 0) is 60.7 Å². The Hall–Kier alpha value is -3.11. The number of aryl methyl sites for hydroxylation is 1. The number of nitrogens with two attached hydrogens (primary N) is 1. The van der Waals surface area contributed by atoms with Crippen LogP contribution in [0.15, 0.2) is 36.8 Å². The van der Waals surface area contributed by atoms with Gasteiger partial charge in [-0.3, -0.25) is 9.78 Å². The first-order valence-electron chi connectivity index (χ1n) is 10.4. The zero-order valence-electron chi connectivity index (χ0n) is 17.7. The second-order valence-corrected chi connectivity index (χ2v) is 10.6. The molecule has 10 heteroatoms. The summed E-state index contributed by atoms with van der Waals surface area (Å²) in [6.45, 7) is 1.99. The zero-order valence-corrected chi connectivity index (χ0v) is 18.6. The van der Waals surface area contributed by atoms with Gasteiger partial charge in [0.05, 0.1) is 11.9 Å². The van der Waals surface area contributed by atoms with Crippen molar-refractivity contribution < 1.29 is 13.2 Å². The van der Waals surface area contributed by atoms with Crippen molar-refractivity contribution in [1.29, 1.82) is 0 Å². The van der Waals surface area contributed by atoms with Gasteiger partial charge in [0.15, 0.2) is 0 Å². The van der Waals surface area contributed by atoms with Crippen LogP contribution in [0.5, 0.6) is 0 Å². The molecule has 1 unspecified atom stereocenters. The zero-order chi connectivity index (χ0) is 22.6. The number of carbonyl (C=O) groups excluding carboxylic acids is 1. The van der Waals surface area contributed by atoms with Crippen molar-refractivity contribution in [2.24, 2.45) is 17.8 Å². The lowest BCUT2D eigenvalue weighted by atomic mass is 10.1. The number of nitrogen functional groups attached to an aromatic ring is 1. The van der Waals surface area contributed by atoms with Crippen LogP contribution in [0.1, 0.15) is 18.4 Å². The third kappa shape index (κ3) is 3.91. The van der Waals surface area contributed by atoms with Gasteiger partial charge in [0.25, 0.3) is 0 Å². The molecule has 0 bridgehead atoms. The molecule has 2 aliphatic rings. The number of amides is 1. The fraction of sp³-hybridized carbons (Fsp3) is 0.364. The number of rotatable bonds is 5. The topological polar surface area (TPSA) is 140 Å². The molecule has 4 N–H and O–H groups in total. The summed E-state index contributed by atoms with van der Waals surface area (Å²) in [6, 6.07) is 5.55. The molecule has 4 atom stereocenters. The van der Waals surface area contributed by atoms with Gasteiger partial charge >= 0.3 is 0 Å². The van der Waals surface area contributed by atoms with Crippen molar-refractivity contribution in [2.45, 2.75) is 25.8 Å². The molecule has 0 spiro atoms. The third-order valence-corrected chi connectivity index (χ3v) is 7.20. The minimum absolute atomic E-state index is 0.0741. The van der Waals surface area contributed by atoms with Crippen molar-refractivity contribution in [2.75, 3.05) is 17.3 Å². The number of pyridine rings is 3. The predicted molar refractivity (Wildman–Crippen MR) is 122 cm³/mol. The average Bonchev–Trinajstić information content (AvgIpc) is 3.23. The van der Waals surface area contributed by atoms with Crippen LogP contribution in [0, 0.1) is 24.7 Å². The highest BCUT2D eigenvalue weighted by Gasteiger charge is 2.59. The number of hydrogen-bond donors (Lipinski definition) is 3. The van der Waals surface area contributed by atoms with Gasteiger partial charge in [-0.15, -0.1) is 0 Å². The van der Waals surface area contributed by atoms with Gasteiger partial charge in [0, 0.05) is 41.5 Å². The highest BCUT2D eigenvalue weighted by Crippen LogP contribution is 2.57. The predicted octanol–water partition coefficient (Wildman–Crippen LogP) is 2.09. The van der Waals surface area contributed by atoms with E-state index in [9.17, 15) is 13.2 Å². The molecule has 9 nitrogen and oxygen atoms in total. The minimum Gasteiger partial charge on any atom is -0.383 e. The smallest absolute Gasteiger partial charge is 0.229 e. The number of fused-ring (bicyclic) bond motifs is 2. The Labute approximate surface area is 185 Å². The van der Waals surface area contributed by atoms with Crippen molar-refractivity contribution in [3.8, 4) is 11.3 Å². The fourth-order valence-electron chi connectivity index (χ4n) is 4.95. The highest BCUT2D eigenvalue weighted by atomic mass is 32.2. The van der Waals surface area contributed by atoms with Crippen LogP contribution in [0.25, 0.3) is 22.0 Å². The van der Waals surface area contributed by atoms with Crippen LogP contribution in [0.3, 0.4) is 0 Å². The lowest BCUT2D eigenvalue weighted by molar-refractivity contribution is -0.118. The molecule has 3 aromatic heterocycles. The van der Waals surface area contributed by atoms with Gasteiger partial charge in [0.2, 0.25) is 15.9 Å². The first-order chi connectivity index (χ1) is 15.2. The van der Waals surface area contributed by atoms with E-state index >= 15 is 0 Å². The van der Waals surface area contributed by atoms with Crippen LogP contribution in [0.2, 0.25) is 0 Å². The molecule has 166 valence electrons. The number of nitrogens with one attached hydrogen (secondary N) is 2.